The molecule has 7 nitrogen and oxygen atoms in total. The molecule has 0 aromatic carbocycles. The summed E-state index contributed by atoms with van der Waals surface area (Å²) >= 11 is 1.66. The largest absolute Gasteiger partial charge is 0.756 e. The highest BCUT2D eigenvalue weighted by Gasteiger charge is 2.18. The maximum absolute atomic E-state index is 11.9. The molecule has 0 bridgehead atoms. The van der Waals surface area contributed by atoms with Crippen molar-refractivity contribution in [1.29, 1.82) is 0 Å². The first kappa shape index (κ1) is 32.9. The molecule has 0 aliphatic rings. The molecular formula is C24H50NO6PS. The summed E-state index contributed by atoms with van der Waals surface area (Å²) in [5.74, 6) is 1.03. The summed E-state index contributed by atoms with van der Waals surface area (Å²) in [5.41, 5.74) is 0. The summed E-state index contributed by atoms with van der Waals surface area (Å²) in [6.45, 7) is 3.95. The lowest BCUT2D eigenvalue weighted by Gasteiger charge is -2.28. The number of ether oxygens (including phenoxy) is 1. The third kappa shape index (κ3) is 24.8. The van der Waals surface area contributed by atoms with E-state index in [-0.39, 0.29) is 13.2 Å². The maximum atomic E-state index is 11.9. The molecule has 0 heterocycles. The minimum Gasteiger partial charge on any atom is -0.756 e. The van der Waals surface area contributed by atoms with Gasteiger partial charge in [-0.25, -0.2) is 0 Å². The molecule has 0 saturated heterocycles. The molecule has 0 aliphatic carbocycles. The molecule has 0 aliphatic heterocycles. The average Bonchev–Trinajstić information content (AvgIpc) is 2.70. The number of likely N-dealkylation sites (N-methyl/N-ethyl adjacent to an activating group) is 1. The van der Waals surface area contributed by atoms with E-state index in [0.717, 1.165) is 12.2 Å². The topological polar surface area (TPSA) is 84.9 Å². The van der Waals surface area contributed by atoms with E-state index >= 15 is 0 Å². The summed E-state index contributed by atoms with van der Waals surface area (Å²) in [6.07, 6.45) is 15.2. The Balaban J connectivity index is 3.85. The van der Waals surface area contributed by atoms with Gasteiger partial charge in [0.1, 0.15) is 19.3 Å². The molecule has 33 heavy (non-hydrogen) atoms. The van der Waals surface area contributed by atoms with Crippen LogP contribution in [0.4, 0.5) is 0 Å². The van der Waals surface area contributed by atoms with Gasteiger partial charge in [0.2, 0.25) is 0 Å². The fraction of sp³-hybridized carbons (Fsp3) is 0.958. The van der Waals surface area contributed by atoms with Crippen molar-refractivity contribution in [2.45, 2.75) is 97.0 Å². The highest BCUT2D eigenvalue weighted by Crippen LogP contribution is 2.38. The van der Waals surface area contributed by atoms with E-state index in [2.05, 4.69) is 6.92 Å². The Kier molecular flexibility index (Phi) is 20.1. The van der Waals surface area contributed by atoms with E-state index in [1.54, 1.807) is 11.8 Å². The second kappa shape index (κ2) is 20.1. The Morgan fingerprint density at radius 2 is 1.42 bits per heavy atom. The van der Waals surface area contributed by atoms with Crippen LogP contribution in [0.25, 0.3) is 0 Å². The fourth-order valence-electron chi connectivity index (χ4n) is 3.25. The van der Waals surface area contributed by atoms with E-state index in [1.165, 1.54) is 77.6 Å². The van der Waals surface area contributed by atoms with Crippen LogP contribution in [-0.2, 0) is 23.1 Å². The van der Waals surface area contributed by atoms with Crippen LogP contribution in [0.5, 0.6) is 0 Å². The summed E-state index contributed by atoms with van der Waals surface area (Å²) in [7, 11) is 1.44. The van der Waals surface area contributed by atoms with Crippen molar-refractivity contribution >= 4 is 25.6 Å². The van der Waals surface area contributed by atoms with Crippen molar-refractivity contribution in [3.05, 3.63) is 0 Å². The molecular weight excluding hydrogens is 461 g/mol. The van der Waals surface area contributed by atoms with E-state index in [4.69, 9.17) is 13.8 Å². The molecule has 0 fully saturated rings. The van der Waals surface area contributed by atoms with Gasteiger partial charge in [0.25, 0.3) is 7.82 Å². The monoisotopic (exact) mass is 511 g/mol. The molecule has 0 aromatic heterocycles. The third-order valence-corrected chi connectivity index (χ3v) is 7.36. The van der Waals surface area contributed by atoms with Crippen LogP contribution in [0.1, 0.15) is 90.9 Å². The number of quaternary nitrogens is 1. The Hall–Kier alpha value is -0.110. The van der Waals surface area contributed by atoms with Crippen molar-refractivity contribution in [3.63, 3.8) is 0 Å². The van der Waals surface area contributed by atoms with Crippen molar-refractivity contribution in [2.24, 2.45) is 0 Å². The minimum absolute atomic E-state index is 0.0518. The van der Waals surface area contributed by atoms with Gasteiger partial charge in [-0.2, -0.15) is 11.8 Å². The number of hydrogen-bond donors (Lipinski definition) is 0. The van der Waals surface area contributed by atoms with Crippen molar-refractivity contribution in [1.82, 2.24) is 0 Å². The van der Waals surface area contributed by atoms with Gasteiger partial charge in [-0.3, -0.25) is 9.36 Å². The summed E-state index contributed by atoms with van der Waals surface area (Å²) < 4.78 is 27.6. The SMILES string of the molecule is CCCCCCCCCCCCCCSCC(COP(=O)([O-])OCC[N+](C)(C)C)OC(C)=O. The van der Waals surface area contributed by atoms with Crippen molar-refractivity contribution in [3.8, 4) is 0 Å². The van der Waals surface area contributed by atoms with Crippen LogP contribution in [0.3, 0.4) is 0 Å². The van der Waals surface area contributed by atoms with Crippen molar-refractivity contribution < 1.29 is 32.5 Å². The van der Waals surface area contributed by atoms with Gasteiger partial charge in [0, 0.05) is 12.7 Å². The van der Waals surface area contributed by atoms with Crippen LogP contribution in [0.2, 0.25) is 0 Å². The summed E-state index contributed by atoms with van der Waals surface area (Å²) in [5, 5.41) is 0. The van der Waals surface area contributed by atoms with Crippen LogP contribution in [0.15, 0.2) is 0 Å². The number of unbranched alkanes of at least 4 members (excludes halogenated alkanes) is 11. The Morgan fingerprint density at radius 3 is 1.91 bits per heavy atom. The number of carbonyl (C=O) groups is 1. The first-order chi connectivity index (χ1) is 15.6. The third-order valence-electron chi connectivity index (χ3n) is 5.21. The smallest absolute Gasteiger partial charge is 0.303 e. The van der Waals surface area contributed by atoms with Gasteiger partial charge in [-0.05, 0) is 12.2 Å². The van der Waals surface area contributed by atoms with Crippen LogP contribution in [-0.4, -0.2) is 69.0 Å². The molecule has 0 aromatic rings. The van der Waals surface area contributed by atoms with Crippen LogP contribution >= 0.6 is 19.6 Å². The molecule has 0 radical (unpaired) electrons. The second-order valence-electron chi connectivity index (χ2n) is 9.79. The van der Waals surface area contributed by atoms with E-state index in [0.29, 0.717) is 16.8 Å². The van der Waals surface area contributed by atoms with Gasteiger partial charge in [-0.1, -0.05) is 77.6 Å². The molecule has 0 spiro atoms. The highest BCUT2D eigenvalue weighted by atomic mass is 32.2. The van der Waals surface area contributed by atoms with Gasteiger partial charge in [0.15, 0.2) is 0 Å². The zero-order chi connectivity index (χ0) is 25.0. The van der Waals surface area contributed by atoms with E-state index in [9.17, 15) is 14.3 Å². The first-order valence-electron chi connectivity index (χ1n) is 12.7. The van der Waals surface area contributed by atoms with Gasteiger partial charge < -0.3 is 23.2 Å². The van der Waals surface area contributed by atoms with E-state index in [1.807, 2.05) is 21.1 Å². The quantitative estimate of drug-likeness (QED) is 0.0768. The number of nitrogens with zero attached hydrogens (tertiary/aromatic N) is 1. The number of rotatable bonds is 23. The number of esters is 1. The normalized spacial score (nSPS) is 14.7. The predicted octanol–water partition coefficient (Wildman–Crippen LogP) is 5.56. The lowest BCUT2D eigenvalue weighted by molar-refractivity contribution is -0.870. The maximum Gasteiger partial charge on any atom is 0.303 e. The second-order valence-corrected chi connectivity index (χ2v) is 12.3. The number of phosphoric ester groups is 1. The molecule has 0 rings (SSSR count). The molecule has 0 saturated carbocycles. The van der Waals surface area contributed by atoms with Gasteiger partial charge in [0.05, 0.1) is 27.7 Å². The predicted molar refractivity (Wildman–Crippen MR) is 136 cm³/mol. The Bertz CT molecular complexity index is 530. The number of thioether (sulfide) groups is 1. The molecule has 2 unspecified atom stereocenters. The summed E-state index contributed by atoms with van der Waals surface area (Å²) in [6, 6.07) is 0. The minimum atomic E-state index is -4.41. The Labute approximate surface area is 207 Å². The van der Waals surface area contributed by atoms with Gasteiger partial charge >= 0.3 is 5.97 Å². The van der Waals surface area contributed by atoms with Crippen LogP contribution in [0, 0.1) is 0 Å². The average molecular weight is 512 g/mol. The zero-order valence-corrected chi connectivity index (χ0v) is 23.6. The Morgan fingerprint density at radius 1 is 0.909 bits per heavy atom. The molecule has 0 amide bonds. The zero-order valence-electron chi connectivity index (χ0n) is 21.9. The molecule has 0 N–H and O–H groups in total. The van der Waals surface area contributed by atoms with Crippen molar-refractivity contribution in [2.75, 3.05) is 52.4 Å². The fourth-order valence-corrected chi connectivity index (χ4v) is 4.98. The first-order valence-corrected chi connectivity index (χ1v) is 15.3. The highest BCUT2D eigenvalue weighted by molar-refractivity contribution is 7.99. The van der Waals surface area contributed by atoms with E-state index < -0.39 is 19.9 Å². The molecule has 2 atom stereocenters. The lowest BCUT2D eigenvalue weighted by atomic mass is 10.1. The van der Waals surface area contributed by atoms with Gasteiger partial charge in [-0.15, -0.1) is 0 Å². The standard InChI is InChI=1S/C24H50NO6PS/c1-6-7-8-9-10-11-12-13-14-15-16-17-20-33-22-24(31-23(2)26)21-30-32(27,28)29-19-18-25(3,4)5/h24H,6-22H2,1-5H3. The molecule has 9 heteroatoms. The summed E-state index contributed by atoms with van der Waals surface area (Å²) in [4.78, 5) is 23.3. The number of carbonyl (C=O) groups excluding carboxylic acids is 1. The number of phosphoric acid groups is 1. The number of hydrogen-bond acceptors (Lipinski definition) is 7. The lowest BCUT2D eigenvalue weighted by Crippen LogP contribution is -2.37. The van der Waals surface area contributed by atoms with Crippen LogP contribution < -0.4 is 4.89 Å². The molecule has 198 valence electrons.